The fourth-order valence-corrected chi connectivity index (χ4v) is 3.81. The zero-order chi connectivity index (χ0) is 24.0. The van der Waals surface area contributed by atoms with Crippen molar-refractivity contribution in [2.75, 3.05) is 31.4 Å². The average molecular weight is 470 g/mol. The van der Waals surface area contributed by atoms with Gasteiger partial charge in [-0.3, -0.25) is 4.79 Å². The second-order valence-corrected chi connectivity index (χ2v) is 9.89. The summed E-state index contributed by atoms with van der Waals surface area (Å²) >= 11 is 1.53. The molecule has 0 aromatic carbocycles. The van der Waals surface area contributed by atoms with Crippen LogP contribution in [0.1, 0.15) is 43.7 Å². The van der Waals surface area contributed by atoms with Gasteiger partial charge in [0.25, 0.3) is 0 Å². The number of pyridine rings is 1. The number of anilines is 1. The summed E-state index contributed by atoms with van der Waals surface area (Å²) in [5.74, 6) is 4.22. The second kappa shape index (κ2) is 10.7. The van der Waals surface area contributed by atoms with Crippen molar-refractivity contribution in [1.29, 1.82) is 0 Å². The van der Waals surface area contributed by atoms with E-state index in [0.717, 1.165) is 34.4 Å². The molecule has 0 aliphatic heterocycles. The summed E-state index contributed by atoms with van der Waals surface area (Å²) in [4.78, 5) is 23.0. The molecule has 0 N–H and O–H groups in total. The molecule has 0 fully saturated rings. The largest absolute Gasteiger partial charge is 0.465 e. The lowest BCUT2D eigenvalue weighted by molar-refractivity contribution is -0.145. The highest BCUT2D eigenvalue weighted by atomic mass is 32.2. The Balaban J connectivity index is 1.59. The van der Waals surface area contributed by atoms with E-state index in [-0.39, 0.29) is 5.97 Å². The summed E-state index contributed by atoms with van der Waals surface area (Å²) in [6.45, 7) is 7.85. The molecule has 0 atom stereocenters. The Morgan fingerprint density at radius 1 is 1.21 bits per heavy atom. The van der Waals surface area contributed by atoms with Crippen LogP contribution in [-0.4, -0.2) is 47.1 Å². The molecule has 0 radical (unpaired) electrons. The monoisotopic (exact) mass is 469 g/mol. The second-order valence-electron chi connectivity index (χ2n) is 8.25. The van der Waals surface area contributed by atoms with Crippen LogP contribution < -0.4 is 4.90 Å². The zero-order valence-electron chi connectivity index (χ0n) is 20.0. The minimum atomic E-state index is -0.584. The number of furan rings is 1. The lowest BCUT2D eigenvalue weighted by atomic mass is 10.2. The van der Waals surface area contributed by atoms with Gasteiger partial charge in [-0.15, -0.1) is 11.8 Å². The van der Waals surface area contributed by atoms with Gasteiger partial charge in [0.15, 0.2) is 0 Å². The maximum Gasteiger partial charge on any atom is 0.321 e. The van der Waals surface area contributed by atoms with Gasteiger partial charge in [0.2, 0.25) is 5.89 Å². The highest BCUT2D eigenvalue weighted by Gasteiger charge is 2.29. The molecule has 0 aliphatic carbocycles. The van der Waals surface area contributed by atoms with Gasteiger partial charge in [0.1, 0.15) is 27.8 Å². The molecule has 8 heteroatoms. The molecule has 0 bridgehead atoms. The standard InChI is InChI=1S/C25H31N3O4S/c1-7-30-24(29)25(3,4)33-14-8-9-19-11-12-20(32-19)15-21-17(2)31-23(27-21)18-10-13-22(26-16-18)28(5)6/h8-13,16H,7,14-15H2,1-6H3/b9-8+. The Morgan fingerprint density at radius 3 is 2.67 bits per heavy atom. The fourth-order valence-electron chi connectivity index (χ4n) is 3.02. The molecular formula is C25H31N3O4S. The lowest BCUT2D eigenvalue weighted by Gasteiger charge is -2.20. The third-order valence-corrected chi connectivity index (χ3v) is 6.21. The van der Waals surface area contributed by atoms with Gasteiger partial charge >= 0.3 is 5.97 Å². The van der Waals surface area contributed by atoms with Crippen LogP contribution in [0.3, 0.4) is 0 Å². The predicted octanol–water partition coefficient (Wildman–Crippen LogP) is 5.38. The van der Waals surface area contributed by atoms with E-state index in [1.807, 2.05) is 83.1 Å². The van der Waals surface area contributed by atoms with Crippen LogP contribution in [0.15, 0.2) is 45.4 Å². The maximum atomic E-state index is 12.0. The van der Waals surface area contributed by atoms with Crippen LogP contribution >= 0.6 is 11.8 Å². The van der Waals surface area contributed by atoms with Gasteiger partial charge in [-0.1, -0.05) is 6.08 Å². The molecule has 3 heterocycles. The SMILES string of the molecule is CCOC(=O)C(C)(C)SC/C=C/c1ccc(Cc2nc(-c3ccc(N(C)C)nc3)oc2C)o1. The maximum absolute atomic E-state index is 12.0. The number of nitrogens with zero attached hydrogens (tertiary/aromatic N) is 3. The molecule has 3 aromatic rings. The molecule has 0 amide bonds. The number of oxazole rings is 1. The smallest absolute Gasteiger partial charge is 0.321 e. The average Bonchev–Trinajstić information content (AvgIpc) is 3.38. The number of rotatable bonds is 10. The van der Waals surface area contributed by atoms with E-state index in [0.29, 0.717) is 24.7 Å². The van der Waals surface area contributed by atoms with Crippen molar-refractivity contribution in [2.45, 2.75) is 38.9 Å². The molecule has 0 aliphatic rings. The molecule has 176 valence electrons. The Morgan fingerprint density at radius 2 is 2.00 bits per heavy atom. The number of carbonyl (C=O) groups is 1. The fraction of sp³-hybridized carbons (Fsp3) is 0.400. The Kier molecular flexibility index (Phi) is 8.02. The molecule has 0 saturated heterocycles. The van der Waals surface area contributed by atoms with Crippen LogP contribution in [0.25, 0.3) is 17.5 Å². The lowest BCUT2D eigenvalue weighted by Crippen LogP contribution is -2.30. The van der Waals surface area contributed by atoms with Crippen molar-refractivity contribution < 1.29 is 18.4 Å². The molecular weight excluding hydrogens is 438 g/mol. The van der Waals surface area contributed by atoms with Gasteiger partial charge in [0, 0.05) is 26.0 Å². The summed E-state index contributed by atoms with van der Waals surface area (Å²) in [7, 11) is 3.90. The van der Waals surface area contributed by atoms with Crippen LogP contribution in [0, 0.1) is 6.92 Å². The third kappa shape index (κ3) is 6.51. The summed E-state index contributed by atoms with van der Waals surface area (Å²) in [5, 5.41) is 0. The Bertz CT molecular complexity index is 1100. The molecule has 7 nitrogen and oxygen atoms in total. The number of hydrogen-bond acceptors (Lipinski definition) is 8. The number of esters is 1. The van der Waals surface area contributed by atoms with E-state index in [4.69, 9.17) is 13.6 Å². The first-order valence-electron chi connectivity index (χ1n) is 10.9. The number of aryl methyl sites for hydroxylation is 1. The van der Waals surface area contributed by atoms with E-state index in [1.54, 1.807) is 6.20 Å². The van der Waals surface area contributed by atoms with Crippen molar-refractivity contribution in [1.82, 2.24) is 9.97 Å². The first-order valence-corrected chi connectivity index (χ1v) is 11.8. The molecule has 0 saturated carbocycles. The van der Waals surface area contributed by atoms with E-state index >= 15 is 0 Å². The van der Waals surface area contributed by atoms with Crippen LogP contribution in [0.5, 0.6) is 0 Å². The molecule has 3 aromatic heterocycles. The van der Waals surface area contributed by atoms with Gasteiger partial charge in [-0.25, -0.2) is 9.97 Å². The predicted molar refractivity (Wildman–Crippen MR) is 133 cm³/mol. The van der Waals surface area contributed by atoms with E-state index in [1.165, 1.54) is 11.8 Å². The quantitative estimate of drug-likeness (QED) is 0.366. The minimum absolute atomic E-state index is 0.199. The molecule has 3 rings (SSSR count). The zero-order valence-corrected chi connectivity index (χ0v) is 20.9. The van der Waals surface area contributed by atoms with Crippen molar-refractivity contribution in [2.24, 2.45) is 0 Å². The van der Waals surface area contributed by atoms with Gasteiger partial charge in [-0.05, 0) is 58.0 Å². The molecule has 0 unspecified atom stereocenters. The Hall–Kier alpha value is -3.00. The van der Waals surface area contributed by atoms with Crippen LogP contribution in [0.2, 0.25) is 0 Å². The highest BCUT2D eigenvalue weighted by Crippen LogP contribution is 2.27. The highest BCUT2D eigenvalue weighted by molar-refractivity contribution is 8.01. The van der Waals surface area contributed by atoms with Crippen LogP contribution in [0.4, 0.5) is 5.82 Å². The molecule has 33 heavy (non-hydrogen) atoms. The first kappa shape index (κ1) is 24.6. The normalized spacial score (nSPS) is 11.8. The third-order valence-electron chi connectivity index (χ3n) is 4.96. The minimum Gasteiger partial charge on any atom is -0.465 e. The van der Waals surface area contributed by atoms with Crippen molar-refractivity contribution in [3.8, 4) is 11.5 Å². The van der Waals surface area contributed by atoms with Gasteiger partial charge in [0.05, 0.1) is 24.3 Å². The van der Waals surface area contributed by atoms with E-state index in [9.17, 15) is 4.79 Å². The summed E-state index contributed by atoms with van der Waals surface area (Å²) < 4.78 is 16.3. The number of carbonyl (C=O) groups excluding carboxylic acids is 1. The number of ether oxygens (including phenoxy) is 1. The van der Waals surface area contributed by atoms with E-state index in [2.05, 4.69) is 9.97 Å². The summed E-state index contributed by atoms with van der Waals surface area (Å²) in [6, 6.07) is 7.75. The Labute approximate surface area is 199 Å². The number of aromatic nitrogens is 2. The van der Waals surface area contributed by atoms with Gasteiger partial charge in [-0.2, -0.15) is 0 Å². The molecule has 0 spiro atoms. The summed E-state index contributed by atoms with van der Waals surface area (Å²) in [6.07, 6.45) is 6.20. The van der Waals surface area contributed by atoms with Crippen LogP contribution in [-0.2, 0) is 16.0 Å². The first-order chi connectivity index (χ1) is 15.7. The topological polar surface area (TPSA) is 81.6 Å². The summed E-state index contributed by atoms with van der Waals surface area (Å²) in [5.41, 5.74) is 1.67. The van der Waals surface area contributed by atoms with E-state index < -0.39 is 4.75 Å². The number of thioether (sulfide) groups is 1. The van der Waals surface area contributed by atoms with Crippen molar-refractivity contribution >= 4 is 29.6 Å². The van der Waals surface area contributed by atoms with Crippen molar-refractivity contribution in [3.63, 3.8) is 0 Å². The van der Waals surface area contributed by atoms with Gasteiger partial charge < -0.3 is 18.5 Å². The number of hydrogen-bond donors (Lipinski definition) is 0. The van der Waals surface area contributed by atoms with Crippen molar-refractivity contribution in [3.05, 3.63) is 59.5 Å².